The van der Waals surface area contributed by atoms with Gasteiger partial charge in [0.25, 0.3) is 0 Å². The Morgan fingerprint density at radius 2 is 1.71 bits per heavy atom. The molecule has 0 aliphatic carbocycles. The molecule has 2 heterocycles. The Balaban J connectivity index is 1.70. The zero-order valence-electron chi connectivity index (χ0n) is 11.3. The summed E-state index contributed by atoms with van der Waals surface area (Å²) in [6.45, 7) is 3.63. The number of benzene rings is 1. The van der Waals surface area contributed by atoms with E-state index in [1.54, 1.807) is 6.20 Å². The summed E-state index contributed by atoms with van der Waals surface area (Å²) in [6.07, 6.45) is 1.78. The second-order valence-electron chi connectivity index (χ2n) is 4.91. The van der Waals surface area contributed by atoms with Gasteiger partial charge in [-0.15, -0.1) is 0 Å². The summed E-state index contributed by atoms with van der Waals surface area (Å²) in [5.74, 6) is 0.852. The molecular formula is C15H14BrCl2N3. The Morgan fingerprint density at radius 3 is 2.38 bits per heavy atom. The lowest BCUT2D eigenvalue weighted by Crippen LogP contribution is -2.46. The Morgan fingerprint density at radius 1 is 1.00 bits per heavy atom. The van der Waals surface area contributed by atoms with Crippen molar-refractivity contribution in [3.05, 3.63) is 51.0 Å². The van der Waals surface area contributed by atoms with Crippen LogP contribution in [0.25, 0.3) is 0 Å². The van der Waals surface area contributed by atoms with Gasteiger partial charge in [-0.2, -0.15) is 0 Å². The van der Waals surface area contributed by atoms with Crippen LogP contribution in [-0.4, -0.2) is 31.2 Å². The number of nitrogens with zero attached hydrogens (tertiary/aromatic N) is 3. The van der Waals surface area contributed by atoms with Gasteiger partial charge in [-0.25, -0.2) is 4.98 Å². The topological polar surface area (TPSA) is 19.4 Å². The SMILES string of the molecule is Clc1cccc(N2CCN(c3ncc(Br)cc3Cl)CC2)c1. The van der Waals surface area contributed by atoms with Crippen molar-refractivity contribution in [1.29, 1.82) is 0 Å². The highest BCUT2D eigenvalue weighted by molar-refractivity contribution is 9.10. The van der Waals surface area contributed by atoms with Crippen molar-refractivity contribution in [2.75, 3.05) is 36.0 Å². The Kier molecular flexibility index (Phi) is 4.57. The zero-order valence-corrected chi connectivity index (χ0v) is 14.4. The molecule has 0 unspecified atom stereocenters. The van der Waals surface area contributed by atoms with Gasteiger partial charge in [0.05, 0.1) is 5.02 Å². The summed E-state index contributed by atoms with van der Waals surface area (Å²) in [5.41, 5.74) is 1.16. The molecule has 1 aliphatic heterocycles. The molecule has 1 fully saturated rings. The van der Waals surface area contributed by atoms with Crippen molar-refractivity contribution in [1.82, 2.24) is 4.98 Å². The van der Waals surface area contributed by atoms with E-state index in [1.165, 1.54) is 0 Å². The highest BCUT2D eigenvalue weighted by atomic mass is 79.9. The number of aromatic nitrogens is 1. The third-order valence-corrected chi connectivity index (χ3v) is 4.49. The lowest BCUT2D eigenvalue weighted by Gasteiger charge is -2.37. The minimum absolute atomic E-state index is 0.681. The first-order chi connectivity index (χ1) is 10.1. The van der Waals surface area contributed by atoms with Crippen molar-refractivity contribution in [3.63, 3.8) is 0 Å². The molecule has 0 bridgehead atoms. The van der Waals surface area contributed by atoms with Gasteiger partial charge in [0, 0.05) is 47.6 Å². The van der Waals surface area contributed by atoms with E-state index in [0.717, 1.165) is 47.2 Å². The summed E-state index contributed by atoms with van der Waals surface area (Å²) in [4.78, 5) is 8.97. The Hall–Kier alpha value is -0.970. The zero-order chi connectivity index (χ0) is 14.8. The molecule has 3 rings (SSSR count). The number of hydrogen-bond donors (Lipinski definition) is 0. The van der Waals surface area contributed by atoms with E-state index in [4.69, 9.17) is 23.2 Å². The van der Waals surface area contributed by atoms with Gasteiger partial charge in [-0.3, -0.25) is 0 Å². The minimum Gasteiger partial charge on any atom is -0.368 e. The average molecular weight is 387 g/mol. The van der Waals surface area contributed by atoms with Crippen LogP contribution in [0.15, 0.2) is 41.0 Å². The fraction of sp³-hybridized carbons (Fsp3) is 0.267. The molecule has 21 heavy (non-hydrogen) atoms. The first kappa shape index (κ1) is 14.9. The molecule has 2 aromatic rings. The highest BCUT2D eigenvalue weighted by Gasteiger charge is 2.20. The number of piperazine rings is 1. The van der Waals surface area contributed by atoms with Crippen LogP contribution < -0.4 is 9.80 Å². The van der Waals surface area contributed by atoms with Gasteiger partial charge in [0.15, 0.2) is 0 Å². The van der Waals surface area contributed by atoms with Crippen molar-refractivity contribution in [3.8, 4) is 0 Å². The van der Waals surface area contributed by atoms with Crippen LogP contribution in [0.2, 0.25) is 10.0 Å². The van der Waals surface area contributed by atoms with E-state index >= 15 is 0 Å². The molecule has 0 saturated carbocycles. The molecule has 0 atom stereocenters. The molecule has 110 valence electrons. The van der Waals surface area contributed by atoms with Gasteiger partial charge in [-0.05, 0) is 40.2 Å². The summed E-state index contributed by atoms with van der Waals surface area (Å²) >= 11 is 15.7. The second-order valence-corrected chi connectivity index (χ2v) is 6.67. The summed E-state index contributed by atoms with van der Waals surface area (Å²) < 4.78 is 0.897. The van der Waals surface area contributed by atoms with Crippen LogP contribution in [0.5, 0.6) is 0 Å². The first-order valence-electron chi connectivity index (χ1n) is 6.70. The molecule has 0 N–H and O–H groups in total. The number of anilines is 2. The van der Waals surface area contributed by atoms with E-state index in [9.17, 15) is 0 Å². The van der Waals surface area contributed by atoms with Crippen LogP contribution in [0.4, 0.5) is 11.5 Å². The third kappa shape index (κ3) is 3.44. The smallest absolute Gasteiger partial charge is 0.147 e. The number of hydrogen-bond acceptors (Lipinski definition) is 3. The average Bonchev–Trinajstić information content (AvgIpc) is 2.47. The van der Waals surface area contributed by atoms with E-state index in [2.05, 4.69) is 36.8 Å². The van der Waals surface area contributed by atoms with Gasteiger partial charge in [0.2, 0.25) is 0 Å². The minimum atomic E-state index is 0.681. The predicted octanol–water partition coefficient (Wildman–Crippen LogP) is 4.48. The van der Waals surface area contributed by atoms with E-state index < -0.39 is 0 Å². The normalized spacial score (nSPS) is 15.4. The molecular weight excluding hydrogens is 373 g/mol. The summed E-state index contributed by atoms with van der Waals surface area (Å²) in [7, 11) is 0. The third-order valence-electron chi connectivity index (χ3n) is 3.54. The van der Waals surface area contributed by atoms with Gasteiger partial charge in [-0.1, -0.05) is 29.3 Å². The maximum absolute atomic E-state index is 6.27. The maximum Gasteiger partial charge on any atom is 0.147 e. The lowest BCUT2D eigenvalue weighted by atomic mass is 10.2. The molecule has 1 saturated heterocycles. The molecule has 1 aromatic heterocycles. The molecule has 0 radical (unpaired) electrons. The monoisotopic (exact) mass is 385 g/mol. The molecule has 1 aliphatic rings. The fourth-order valence-electron chi connectivity index (χ4n) is 2.49. The lowest BCUT2D eigenvalue weighted by molar-refractivity contribution is 0.647. The van der Waals surface area contributed by atoms with Crippen LogP contribution >= 0.6 is 39.1 Å². The van der Waals surface area contributed by atoms with E-state index in [-0.39, 0.29) is 0 Å². The molecule has 6 heteroatoms. The fourth-order valence-corrected chi connectivity index (χ4v) is 3.42. The van der Waals surface area contributed by atoms with Crippen molar-refractivity contribution in [2.24, 2.45) is 0 Å². The van der Waals surface area contributed by atoms with E-state index in [1.807, 2.05) is 24.3 Å². The number of pyridine rings is 1. The van der Waals surface area contributed by atoms with Crippen LogP contribution in [0, 0.1) is 0 Å². The standard InChI is InChI=1S/C15H14BrCl2N3/c16-11-8-14(18)15(19-10-11)21-6-4-20(5-7-21)13-3-1-2-12(17)9-13/h1-3,8-10H,4-7H2. The van der Waals surface area contributed by atoms with Gasteiger partial charge in [0.1, 0.15) is 5.82 Å². The molecule has 0 spiro atoms. The van der Waals surface area contributed by atoms with E-state index in [0.29, 0.717) is 5.02 Å². The first-order valence-corrected chi connectivity index (χ1v) is 8.25. The maximum atomic E-state index is 6.27. The molecule has 0 amide bonds. The second kappa shape index (κ2) is 6.42. The van der Waals surface area contributed by atoms with Crippen LogP contribution in [0.3, 0.4) is 0 Å². The van der Waals surface area contributed by atoms with Crippen molar-refractivity contribution >= 4 is 50.6 Å². The predicted molar refractivity (Wildman–Crippen MR) is 92.8 cm³/mol. The number of halogens is 3. The highest BCUT2D eigenvalue weighted by Crippen LogP contribution is 2.28. The molecule has 3 nitrogen and oxygen atoms in total. The van der Waals surface area contributed by atoms with Gasteiger partial charge < -0.3 is 9.80 Å². The van der Waals surface area contributed by atoms with Gasteiger partial charge >= 0.3 is 0 Å². The summed E-state index contributed by atoms with van der Waals surface area (Å²) in [5, 5.41) is 1.45. The number of rotatable bonds is 2. The van der Waals surface area contributed by atoms with Crippen molar-refractivity contribution in [2.45, 2.75) is 0 Å². The largest absolute Gasteiger partial charge is 0.368 e. The van der Waals surface area contributed by atoms with Crippen molar-refractivity contribution < 1.29 is 0 Å². The van der Waals surface area contributed by atoms with Crippen LogP contribution in [0.1, 0.15) is 0 Å². The quantitative estimate of drug-likeness (QED) is 0.758. The summed E-state index contributed by atoms with van der Waals surface area (Å²) in [6, 6.07) is 9.85. The Labute approximate surface area is 142 Å². The molecule has 1 aromatic carbocycles. The Bertz CT molecular complexity index is 643. The van der Waals surface area contributed by atoms with Crippen LogP contribution in [-0.2, 0) is 0 Å².